The highest BCUT2D eigenvalue weighted by atomic mass is 16.5. The summed E-state index contributed by atoms with van der Waals surface area (Å²) in [5.74, 6) is -1.67. The molecular formula is C35H47N5O6. The Kier molecular flexibility index (Phi) is 16.2. The van der Waals surface area contributed by atoms with Gasteiger partial charge in [-0.1, -0.05) is 18.2 Å². The van der Waals surface area contributed by atoms with E-state index in [0.717, 1.165) is 56.9 Å². The second kappa shape index (κ2) is 20.6. The van der Waals surface area contributed by atoms with Crippen molar-refractivity contribution in [3.05, 3.63) is 72.3 Å². The Bertz CT molecular complexity index is 1230. The van der Waals surface area contributed by atoms with Crippen molar-refractivity contribution in [1.82, 2.24) is 14.7 Å². The van der Waals surface area contributed by atoms with E-state index in [1.165, 1.54) is 51.9 Å². The highest BCUT2D eigenvalue weighted by Gasteiger charge is 2.23. The van der Waals surface area contributed by atoms with E-state index in [1.807, 2.05) is 47.4 Å². The average molecular weight is 634 g/mol. The van der Waals surface area contributed by atoms with Crippen molar-refractivity contribution in [1.29, 1.82) is 5.26 Å². The number of benzene rings is 2. The number of rotatable bonds is 16. The average Bonchev–Trinajstić information content (AvgIpc) is 3.79. The minimum absolute atomic E-state index is 0.0530. The molecule has 4 rings (SSSR count). The van der Waals surface area contributed by atoms with Gasteiger partial charge in [0.25, 0.3) is 0 Å². The molecule has 0 bridgehead atoms. The molecule has 11 heteroatoms. The van der Waals surface area contributed by atoms with E-state index >= 15 is 0 Å². The number of para-hydroxylation sites is 1. The zero-order valence-corrected chi connectivity index (χ0v) is 26.6. The number of nitriles is 1. The van der Waals surface area contributed by atoms with Crippen molar-refractivity contribution in [2.24, 2.45) is 0 Å². The number of carboxylic acids is 2. The molecule has 2 aliphatic rings. The van der Waals surface area contributed by atoms with Crippen LogP contribution < -0.4 is 9.64 Å². The largest absolute Gasteiger partial charge is 0.494 e. The fourth-order valence-electron chi connectivity index (χ4n) is 5.58. The maximum absolute atomic E-state index is 14.0. The molecule has 0 spiro atoms. The second-order valence-electron chi connectivity index (χ2n) is 11.4. The third-order valence-corrected chi connectivity index (χ3v) is 7.92. The van der Waals surface area contributed by atoms with E-state index in [1.54, 1.807) is 12.1 Å². The van der Waals surface area contributed by atoms with Crippen LogP contribution in [0.25, 0.3) is 0 Å². The fourth-order valence-corrected chi connectivity index (χ4v) is 5.58. The van der Waals surface area contributed by atoms with Crippen LogP contribution in [-0.4, -0.2) is 108 Å². The first-order chi connectivity index (χ1) is 22.4. The van der Waals surface area contributed by atoms with E-state index < -0.39 is 11.9 Å². The summed E-state index contributed by atoms with van der Waals surface area (Å²) in [5.41, 5.74) is 1.43. The number of carboxylic acid groups (broad SMARTS) is 2. The van der Waals surface area contributed by atoms with E-state index in [0.29, 0.717) is 30.9 Å². The number of nitrogens with zero attached hydrogens (tertiary/aromatic N) is 5. The van der Waals surface area contributed by atoms with Crippen molar-refractivity contribution in [3.63, 3.8) is 0 Å². The molecule has 2 aliphatic heterocycles. The van der Waals surface area contributed by atoms with Crippen molar-refractivity contribution in [2.45, 2.75) is 44.9 Å². The molecular weight excluding hydrogens is 586 g/mol. The first-order valence-corrected chi connectivity index (χ1v) is 16.2. The Labute approximate surface area is 272 Å². The van der Waals surface area contributed by atoms with Gasteiger partial charge in [0.15, 0.2) is 0 Å². The maximum atomic E-state index is 14.0. The molecule has 0 saturated carbocycles. The summed E-state index contributed by atoms with van der Waals surface area (Å²) < 4.78 is 5.91. The molecule has 248 valence electrons. The zero-order valence-electron chi connectivity index (χ0n) is 26.6. The summed E-state index contributed by atoms with van der Waals surface area (Å²) in [5, 5.41) is 24.9. The minimum Gasteiger partial charge on any atom is -0.494 e. The summed E-state index contributed by atoms with van der Waals surface area (Å²) in [6, 6.07) is 19.4. The molecule has 2 fully saturated rings. The maximum Gasteiger partial charge on any atom is 0.328 e. The lowest BCUT2D eigenvalue weighted by molar-refractivity contribution is -0.134. The monoisotopic (exact) mass is 633 g/mol. The summed E-state index contributed by atoms with van der Waals surface area (Å²) in [6.07, 6.45) is 8.97. The molecule has 0 unspecified atom stereocenters. The molecule has 0 radical (unpaired) electrons. The van der Waals surface area contributed by atoms with Gasteiger partial charge in [-0.15, -0.1) is 0 Å². The van der Waals surface area contributed by atoms with E-state index in [2.05, 4.69) is 20.8 Å². The number of carbonyl (C=O) groups excluding carboxylic acids is 1. The minimum atomic E-state index is -1.26. The Morgan fingerprint density at radius 2 is 1.28 bits per heavy atom. The van der Waals surface area contributed by atoms with E-state index in [9.17, 15) is 19.6 Å². The third-order valence-electron chi connectivity index (χ3n) is 7.92. The van der Waals surface area contributed by atoms with Crippen molar-refractivity contribution >= 4 is 23.7 Å². The van der Waals surface area contributed by atoms with Gasteiger partial charge in [-0.05, 0) is 121 Å². The fraction of sp³-hybridized carbons (Fsp3) is 0.486. The summed E-state index contributed by atoms with van der Waals surface area (Å²) in [6.45, 7) is 9.47. The number of aliphatic carboxylic acids is 2. The van der Waals surface area contributed by atoms with Gasteiger partial charge in [0.1, 0.15) is 5.75 Å². The van der Waals surface area contributed by atoms with Crippen LogP contribution in [0.5, 0.6) is 5.75 Å². The van der Waals surface area contributed by atoms with E-state index in [-0.39, 0.29) is 6.03 Å². The number of hydrogen-bond donors (Lipinski definition) is 2. The standard InChI is InChI=1S/C31H43N5O2.C4H4O4/c32-27-28-13-15-29(16-14-28)36(25-10-26-38-30-11-2-1-3-12-30)31(37)35(23-8-21-33-17-4-5-18-33)24-9-22-34-19-6-7-20-34;5-3(6)1-2-4(7)8/h1-3,11-16H,4-10,17-26H2;1-2H,(H,5,6)(H,7,8). The number of ether oxygens (including phenoxy) is 1. The lowest BCUT2D eigenvalue weighted by Crippen LogP contribution is -2.46. The van der Waals surface area contributed by atoms with Gasteiger partial charge in [-0.3, -0.25) is 4.90 Å². The number of likely N-dealkylation sites (tertiary alicyclic amines) is 2. The number of urea groups is 1. The number of anilines is 1. The topological polar surface area (TPSA) is 138 Å². The number of amides is 2. The van der Waals surface area contributed by atoms with Crippen molar-refractivity contribution in [2.75, 3.05) is 70.4 Å². The van der Waals surface area contributed by atoms with Gasteiger partial charge >= 0.3 is 18.0 Å². The van der Waals surface area contributed by atoms with Crippen LogP contribution in [0.2, 0.25) is 0 Å². The molecule has 2 heterocycles. The van der Waals surface area contributed by atoms with Crippen LogP contribution in [-0.2, 0) is 9.59 Å². The van der Waals surface area contributed by atoms with Crippen molar-refractivity contribution < 1.29 is 29.3 Å². The highest BCUT2D eigenvalue weighted by molar-refractivity contribution is 5.92. The predicted octanol–water partition coefficient (Wildman–Crippen LogP) is 4.94. The molecule has 0 aromatic heterocycles. The molecule has 2 aromatic carbocycles. The molecule has 2 amide bonds. The number of hydrogen-bond acceptors (Lipinski definition) is 7. The van der Waals surface area contributed by atoms with E-state index in [4.69, 9.17) is 14.9 Å². The van der Waals surface area contributed by atoms with Gasteiger partial charge < -0.3 is 29.6 Å². The van der Waals surface area contributed by atoms with Crippen LogP contribution >= 0.6 is 0 Å². The summed E-state index contributed by atoms with van der Waals surface area (Å²) in [4.78, 5) is 42.1. The van der Waals surface area contributed by atoms with Gasteiger partial charge in [-0.25, -0.2) is 14.4 Å². The van der Waals surface area contributed by atoms with Crippen LogP contribution in [0.4, 0.5) is 10.5 Å². The SMILES string of the molecule is N#Cc1ccc(N(CCCOc2ccccc2)C(=O)N(CCCN2CCCC2)CCCN2CCCC2)cc1.O=C(O)C=CC(=O)O. The Hall–Kier alpha value is -4.40. The molecule has 0 aliphatic carbocycles. The predicted molar refractivity (Wildman–Crippen MR) is 177 cm³/mol. The normalized spacial score (nSPS) is 14.8. The molecule has 2 saturated heterocycles. The number of carbonyl (C=O) groups is 3. The molecule has 2 aromatic rings. The first kappa shape index (κ1) is 36.1. The quantitative estimate of drug-likeness (QED) is 0.195. The smallest absolute Gasteiger partial charge is 0.328 e. The first-order valence-electron chi connectivity index (χ1n) is 16.2. The summed E-state index contributed by atoms with van der Waals surface area (Å²) in [7, 11) is 0. The van der Waals surface area contributed by atoms with Crippen molar-refractivity contribution in [3.8, 4) is 11.8 Å². The Morgan fingerprint density at radius 3 is 1.76 bits per heavy atom. The van der Waals surface area contributed by atoms with Crippen LogP contribution in [0.15, 0.2) is 66.7 Å². The van der Waals surface area contributed by atoms with Gasteiger partial charge in [-0.2, -0.15) is 5.26 Å². The molecule has 46 heavy (non-hydrogen) atoms. The molecule has 11 nitrogen and oxygen atoms in total. The Balaban J connectivity index is 0.000000637. The lowest BCUT2D eigenvalue weighted by Gasteiger charge is -2.32. The second-order valence-corrected chi connectivity index (χ2v) is 11.4. The summed E-state index contributed by atoms with van der Waals surface area (Å²) >= 11 is 0. The lowest BCUT2D eigenvalue weighted by atomic mass is 10.2. The molecule has 0 atom stereocenters. The zero-order chi connectivity index (χ0) is 33.0. The van der Waals surface area contributed by atoms with Gasteiger partial charge in [0.2, 0.25) is 0 Å². The Morgan fingerprint density at radius 1 is 0.761 bits per heavy atom. The van der Waals surface area contributed by atoms with Crippen LogP contribution in [0.3, 0.4) is 0 Å². The van der Waals surface area contributed by atoms with Gasteiger partial charge in [0, 0.05) is 37.5 Å². The van der Waals surface area contributed by atoms with Gasteiger partial charge in [0.05, 0.1) is 18.2 Å². The van der Waals surface area contributed by atoms with Crippen LogP contribution in [0, 0.1) is 11.3 Å². The highest BCUT2D eigenvalue weighted by Crippen LogP contribution is 2.19. The molecule has 2 N–H and O–H groups in total. The van der Waals surface area contributed by atoms with Crippen LogP contribution in [0.1, 0.15) is 50.5 Å². The third kappa shape index (κ3) is 13.7.